The number of nitrogens with zero attached hydrogens (tertiary/aromatic N) is 3. The molecule has 2 heterocycles. The van der Waals surface area contributed by atoms with Crippen LogP contribution in [0.25, 0.3) is 6.08 Å². The molecule has 2 N–H and O–H groups in total. The van der Waals surface area contributed by atoms with Gasteiger partial charge in [-0.1, -0.05) is 69.4 Å². The average Bonchev–Trinajstić information content (AvgIpc) is 3.40. The van der Waals surface area contributed by atoms with Gasteiger partial charge in [0.15, 0.2) is 23.4 Å². The Balaban J connectivity index is 1.33. The van der Waals surface area contributed by atoms with Crippen molar-refractivity contribution in [2.75, 3.05) is 11.9 Å². The van der Waals surface area contributed by atoms with E-state index in [1.54, 1.807) is 12.1 Å². The first kappa shape index (κ1) is 23.5. The predicted octanol–water partition coefficient (Wildman–Crippen LogP) is 5.27. The second-order valence-electron chi connectivity index (χ2n) is 8.42. The second-order valence-corrected chi connectivity index (χ2v) is 8.42. The van der Waals surface area contributed by atoms with E-state index in [0.717, 1.165) is 12.0 Å². The number of carbonyl (C=O) groups is 1. The molecule has 2 aromatic carbocycles. The minimum Gasteiger partial charge on any atom is -0.485 e. The summed E-state index contributed by atoms with van der Waals surface area (Å²) in [6.07, 6.45) is 11.6. The maximum absolute atomic E-state index is 12.6. The number of carbonyl (C=O) groups excluding carboxylic acids is 1. The van der Waals surface area contributed by atoms with Gasteiger partial charge in [0.2, 0.25) is 5.91 Å². The van der Waals surface area contributed by atoms with Gasteiger partial charge in [0.05, 0.1) is 5.69 Å². The minimum atomic E-state index is -0.481. The first-order valence-corrected chi connectivity index (χ1v) is 12.0. The third-order valence-electron chi connectivity index (χ3n) is 5.75. The molecule has 0 aliphatic carbocycles. The SMILES string of the molecule is CCCCCCCCc1cccc(C=CC(=O)Nc2cccc3c2OC(c2nnn[nH]2)CO3)c1. The van der Waals surface area contributed by atoms with Crippen LogP contribution in [-0.2, 0) is 11.2 Å². The van der Waals surface area contributed by atoms with Crippen molar-refractivity contribution in [3.63, 3.8) is 0 Å². The Morgan fingerprint density at radius 1 is 1.15 bits per heavy atom. The smallest absolute Gasteiger partial charge is 0.248 e. The van der Waals surface area contributed by atoms with Gasteiger partial charge in [0.25, 0.3) is 0 Å². The van der Waals surface area contributed by atoms with E-state index in [1.165, 1.54) is 50.2 Å². The van der Waals surface area contributed by atoms with Gasteiger partial charge in [-0.2, -0.15) is 0 Å². The molecule has 1 unspecified atom stereocenters. The maximum atomic E-state index is 12.6. The van der Waals surface area contributed by atoms with E-state index in [0.29, 0.717) is 23.0 Å². The molecule has 1 aromatic heterocycles. The number of hydrogen-bond donors (Lipinski definition) is 2. The number of aryl methyl sites for hydroxylation is 1. The van der Waals surface area contributed by atoms with E-state index in [4.69, 9.17) is 9.47 Å². The Labute approximate surface area is 199 Å². The normalized spacial score (nSPS) is 14.9. The monoisotopic (exact) mass is 461 g/mol. The second kappa shape index (κ2) is 12.0. The van der Waals surface area contributed by atoms with Gasteiger partial charge in [-0.05, 0) is 52.6 Å². The number of para-hydroxylation sites is 1. The number of tetrazole rings is 1. The Bertz CT molecular complexity index is 1100. The molecular weight excluding hydrogens is 430 g/mol. The zero-order valence-electron chi connectivity index (χ0n) is 19.5. The summed E-state index contributed by atoms with van der Waals surface area (Å²) in [6, 6.07) is 13.7. The van der Waals surface area contributed by atoms with E-state index in [1.807, 2.05) is 24.3 Å². The fraction of sp³-hybridized carbons (Fsp3) is 0.385. The number of benzene rings is 2. The summed E-state index contributed by atoms with van der Waals surface area (Å²) in [5, 5.41) is 16.6. The van der Waals surface area contributed by atoms with Crippen LogP contribution < -0.4 is 14.8 Å². The molecule has 8 heteroatoms. The fourth-order valence-corrected chi connectivity index (χ4v) is 3.94. The van der Waals surface area contributed by atoms with Crippen LogP contribution in [0.4, 0.5) is 5.69 Å². The first-order valence-electron chi connectivity index (χ1n) is 12.0. The predicted molar refractivity (Wildman–Crippen MR) is 131 cm³/mol. The molecule has 1 atom stereocenters. The number of rotatable bonds is 11. The zero-order chi connectivity index (χ0) is 23.6. The van der Waals surface area contributed by atoms with Crippen molar-refractivity contribution in [2.24, 2.45) is 0 Å². The summed E-state index contributed by atoms with van der Waals surface area (Å²) in [4.78, 5) is 12.6. The molecule has 1 amide bonds. The summed E-state index contributed by atoms with van der Waals surface area (Å²) in [5.41, 5.74) is 2.83. The summed E-state index contributed by atoms with van der Waals surface area (Å²) >= 11 is 0. The van der Waals surface area contributed by atoms with Crippen molar-refractivity contribution >= 4 is 17.7 Å². The summed E-state index contributed by atoms with van der Waals surface area (Å²) in [7, 11) is 0. The number of unbranched alkanes of at least 4 members (excludes halogenated alkanes) is 5. The van der Waals surface area contributed by atoms with Crippen LogP contribution in [0.3, 0.4) is 0 Å². The number of H-pyrrole nitrogens is 1. The molecule has 0 bridgehead atoms. The van der Waals surface area contributed by atoms with E-state index in [2.05, 4.69) is 45.0 Å². The Hall–Kier alpha value is -3.68. The van der Waals surface area contributed by atoms with Crippen molar-refractivity contribution in [2.45, 2.75) is 58.0 Å². The third-order valence-corrected chi connectivity index (χ3v) is 5.75. The van der Waals surface area contributed by atoms with Crippen LogP contribution >= 0.6 is 0 Å². The molecule has 0 saturated heterocycles. The van der Waals surface area contributed by atoms with Crippen molar-refractivity contribution in [1.82, 2.24) is 20.6 Å². The molecular formula is C26H31N5O3. The Kier molecular flexibility index (Phi) is 8.27. The number of fused-ring (bicyclic) bond motifs is 1. The topological polar surface area (TPSA) is 102 Å². The molecule has 8 nitrogen and oxygen atoms in total. The van der Waals surface area contributed by atoms with Crippen molar-refractivity contribution in [3.8, 4) is 11.5 Å². The van der Waals surface area contributed by atoms with Gasteiger partial charge in [-0.15, -0.1) is 5.10 Å². The average molecular weight is 462 g/mol. The lowest BCUT2D eigenvalue weighted by Gasteiger charge is -2.26. The molecule has 0 fully saturated rings. The van der Waals surface area contributed by atoms with Gasteiger partial charge in [-0.25, -0.2) is 5.10 Å². The number of aromatic nitrogens is 4. The molecule has 0 saturated carbocycles. The molecule has 4 rings (SSSR count). The minimum absolute atomic E-state index is 0.248. The zero-order valence-corrected chi connectivity index (χ0v) is 19.5. The van der Waals surface area contributed by atoms with E-state index in [-0.39, 0.29) is 12.5 Å². The van der Waals surface area contributed by atoms with Crippen molar-refractivity contribution in [1.29, 1.82) is 0 Å². The number of hydrogen-bond acceptors (Lipinski definition) is 6. The molecule has 3 aromatic rings. The third kappa shape index (κ3) is 6.43. The Morgan fingerprint density at radius 3 is 2.85 bits per heavy atom. The largest absolute Gasteiger partial charge is 0.485 e. The summed E-state index contributed by atoms with van der Waals surface area (Å²) < 4.78 is 11.8. The van der Waals surface area contributed by atoms with Gasteiger partial charge in [-0.3, -0.25) is 4.79 Å². The van der Waals surface area contributed by atoms with E-state index >= 15 is 0 Å². The number of ether oxygens (including phenoxy) is 2. The number of amides is 1. The molecule has 0 spiro atoms. The lowest BCUT2D eigenvalue weighted by molar-refractivity contribution is -0.111. The first-order chi connectivity index (χ1) is 16.7. The molecule has 1 aliphatic rings. The van der Waals surface area contributed by atoms with Gasteiger partial charge in [0.1, 0.15) is 6.61 Å². The molecule has 0 radical (unpaired) electrons. The van der Waals surface area contributed by atoms with Crippen molar-refractivity contribution in [3.05, 3.63) is 65.5 Å². The molecule has 178 valence electrons. The van der Waals surface area contributed by atoms with Gasteiger partial charge < -0.3 is 14.8 Å². The maximum Gasteiger partial charge on any atom is 0.248 e. The summed E-state index contributed by atoms with van der Waals surface area (Å²) in [5.74, 6) is 1.24. The lowest BCUT2D eigenvalue weighted by atomic mass is 10.0. The Morgan fingerprint density at radius 2 is 2.00 bits per heavy atom. The van der Waals surface area contributed by atoms with Crippen molar-refractivity contribution < 1.29 is 14.3 Å². The van der Waals surface area contributed by atoms with Crippen LogP contribution in [0.1, 0.15) is 68.5 Å². The summed E-state index contributed by atoms with van der Waals surface area (Å²) in [6.45, 7) is 2.51. The van der Waals surface area contributed by atoms with Crippen LogP contribution in [0.5, 0.6) is 11.5 Å². The number of nitrogens with one attached hydrogen (secondary N) is 2. The highest BCUT2D eigenvalue weighted by Gasteiger charge is 2.27. The van der Waals surface area contributed by atoms with Crippen LogP contribution in [0.2, 0.25) is 0 Å². The van der Waals surface area contributed by atoms with Crippen LogP contribution in [0, 0.1) is 0 Å². The van der Waals surface area contributed by atoms with Gasteiger partial charge >= 0.3 is 0 Å². The van der Waals surface area contributed by atoms with E-state index in [9.17, 15) is 4.79 Å². The van der Waals surface area contributed by atoms with Crippen LogP contribution in [0.15, 0.2) is 48.5 Å². The number of aromatic amines is 1. The highest BCUT2D eigenvalue weighted by Crippen LogP contribution is 2.41. The highest BCUT2D eigenvalue weighted by atomic mass is 16.6. The van der Waals surface area contributed by atoms with Gasteiger partial charge in [0, 0.05) is 6.08 Å². The van der Waals surface area contributed by atoms with E-state index < -0.39 is 6.10 Å². The molecule has 1 aliphatic heterocycles. The van der Waals surface area contributed by atoms with Crippen LogP contribution in [-0.4, -0.2) is 33.1 Å². The lowest BCUT2D eigenvalue weighted by Crippen LogP contribution is -2.24. The highest BCUT2D eigenvalue weighted by molar-refractivity contribution is 6.03. The fourth-order valence-electron chi connectivity index (χ4n) is 3.94. The quantitative estimate of drug-likeness (QED) is 0.298. The standard InChI is InChI=1S/C26H31N5O3/c1-2-3-4-5-6-7-10-19-11-8-12-20(17-19)15-16-24(32)27-21-13-9-14-22-25(21)34-23(18-33-22)26-28-30-31-29-26/h8-9,11-17,23H,2-7,10,18H2,1H3,(H,27,32)(H,28,29,30,31). The molecule has 34 heavy (non-hydrogen) atoms. The number of anilines is 1.